The van der Waals surface area contributed by atoms with Gasteiger partial charge in [-0.25, -0.2) is 4.98 Å². The van der Waals surface area contributed by atoms with Crippen molar-refractivity contribution < 1.29 is 4.79 Å². The van der Waals surface area contributed by atoms with E-state index in [9.17, 15) is 4.79 Å². The van der Waals surface area contributed by atoms with Gasteiger partial charge in [0.15, 0.2) is 0 Å². The summed E-state index contributed by atoms with van der Waals surface area (Å²) in [5.74, 6) is 2.92. The van der Waals surface area contributed by atoms with Crippen molar-refractivity contribution in [1.82, 2.24) is 4.98 Å². The molecule has 0 spiro atoms. The number of primary amides is 1. The Morgan fingerprint density at radius 1 is 1.24 bits per heavy atom. The number of thiophene rings is 1. The highest BCUT2D eigenvalue weighted by Crippen LogP contribution is 2.45. The Morgan fingerprint density at radius 3 is 2.64 bits per heavy atom. The van der Waals surface area contributed by atoms with E-state index in [1.807, 2.05) is 11.8 Å². The van der Waals surface area contributed by atoms with E-state index in [-0.39, 0.29) is 5.41 Å². The summed E-state index contributed by atoms with van der Waals surface area (Å²) in [5, 5.41) is 0.969. The van der Waals surface area contributed by atoms with Crippen LogP contribution in [-0.4, -0.2) is 35.5 Å². The van der Waals surface area contributed by atoms with Crippen molar-refractivity contribution in [2.45, 2.75) is 33.1 Å². The lowest BCUT2D eigenvalue weighted by molar-refractivity contribution is 0.100. The molecular formula is C18H24N4OS2. The van der Waals surface area contributed by atoms with Crippen molar-refractivity contribution in [3.8, 4) is 0 Å². The number of nitrogens with two attached hydrogens (primary N) is 2. The average Bonchev–Trinajstić information content (AvgIpc) is 2.91. The minimum Gasteiger partial charge on any atom is -0.397 e. The molecule has 7 heteroatoms. The number of carbonyl (C=O) groups excluding carboxylic acids is 1. The molecule has 0 atom stereocenters. The molecule has 0 unspecified atom stereocenters. The van der Waals surface area contributed by atoms with E-state index in [0.717, 1.165) is 59.9 Å². The Balaban J connectivity index is 1.96. The molecular weight excluding hydrogens is 352 g/mol. The van der Waals surface area contributed by atoms with Gasteiger partial charge >= 0.3 is 0 Å². The summed E-state index contributed by atoms with van der Waals surface area (Å²) in [7, 11) is 0. The van der Waals surface area contributed by atoms with Gasteiger partial charge in [0, 0.05) is 30.0 Å². The van der Waals surface area contributed by atoms with Gasteiger partial charge in [-0.1, -0.05) is 13.8 Å². The van der Waals surface area contributed by atoms with Gasteiger partial charge in [0.05, 0.1) is 5.69 Å². The normalized spacial score (nSPS) is 19.8. The van der Waals surface area contributed by atoms with E-state index in [2.05, 4.69) is 18.7 Å². The van der Waals surface area contributed by atoms with Crippen LogP contribution in [0, 0.1) is 5.41 Å². The fourth-order valence-electron chi connectivity index (χ4n) is 3.96. The zero-order valence-corrected chi connectivity index (χ0v) is 16.4. The Hall–Kier alpha value is -1.47. The van der Waals surface area contributed by atoms with Gasteiger partial charge in [0.1, 0.15) is 15.5 Å². The second-order valence-electron chi connectivity index (χ2n) is 7.72. The molecule has 0 aromatic carbocycles. The first-order chi connectivity index (χ1) is 11.9. The van der Waals surface area contributed by atoms with Crippen LogP contribution in [0.15, 0.2) is 0 Å². The van der Waals surface area contributed by atoms with Gasteiger partial charge in [-0.2, -0.15) is 11.8 Å². The average molecular weight is 377 g/mol. The lowest BCUT2D eigenvalue weighted by Crippen LogP contribution is -2.35. The van der Waals surface area contributed by atoms with Gasteiger partial charge < -0.3 is 16.4 Å². The van der Waals surface area contributed by atoms with Crippen LogP contribution in [0.1, 0.15) is 41.1 Å². The smallest absolute Gasteiger partial charge is 0.260 e. The molecule has 1 amide bonds. The summed E-state index contributed by atoms with van der Waals surface area (Å²) in [6, 6.07) is 0. The number of hydrogen-bond donors (Lipinski definition) is 2. The number of anilines is 2. The Morgan fingerprint density at radius 2 is 1.96 bits per heavy atom. The highest BCUT2D eigenvalue weighted by Gasteiger charge is 2.33. The maximum absolute atomic E-state index is 11.8. The lowest BCUT2D eigenvalue weighted by Gasteiger charge is -2.36. The first-order valence-electron chi connectivity index (χ1n) is 8.73. The summed E-state index contributed by atoms with van der Waals surface area (Å²) in [5.41, 5.74) is 15.2. The molecule has 5 nitrogen and oxygen atoms in total. The predicted octanol–water partition coefficient (Wildman–Crippen LogP) is 3.05. The molecule has 3 heterocycles. The molecule has 1 aliphatic heterocycles. The van der Waals surface area contributed by atoms with Crippen molar-refractivity contribution in [3.05, 3.63) is 16.0 Å². The molecule has 0 saturated carbocycles. The van der Waals surface area contributed by atoms with Gasteiger partial charge in [0.2, 0.25) is 0 Å². The standard InChI is InChI=1S/C18H24N4OS2/c1-18(2)4-3-10-11(9-18)12-13(19)14(15(20)23)25-17(12)21-16(10)22-5-7-24-8-6-22/h3-9,19H2,1-2H3,(H2,20,23). The van der Waals surface area contributed by atoms with Crippen LogP contribution in [0.5, 0.6) is 0 Å². The third-order valence-electron chi connectivity index (χ3n) is 5.31. The predicted molar refractivity (Wildman–Crippen MR) is 108 cm³/mol. The van der Waals surface area contributed by atoms with E-state index >= 15 is 0 Å². The quantitative estimate of drug-likeness (QED) is 0.841. The molecule has 4 N–H and O–H groups in total. The number of carbonyl (C=O) groups is 1. The molecule has 1 aliphatic carbocycles. The molecule has 0 radical (unpaired) electrons. The number of pyridine rings is 1. The number of aromatic nitrogens is 1. The monoisotopic (exact) mass is 376 g/mol. The number of amides is 1. The van der Waals surface area contributed by atoms with Crippen molar-refractivity contribution in [2.24, 2.45) is 11.1 Å². The number of nitrogens with zero attached hydrogens (tertiary/aromatic N) is 2. The molecule has 2 aromatic heterocycles. The number of nitrogen functional groups attached to an aromatic ring is 1. The molecule has 0 bridgehead atoms. The Labute approximate surface area is 156 Å². The maximum atomic E-state index is 11.8. The van der Waals surface area contributed by atoms with Gasteiger partial charge in [-0.3, -0.25) is 4.79 Å². The molecule has 2 aliphatic rings. The largest absolute Gasteiger partial charge is 0.397 e. The molecule has 4 rings (SSSR count). The Kier molecular flexibility index (Phi) is 4.11. The van der Waals surface area contributed by atoms with E-state index in [4.69, 9.17) is 16.5 Å². The second kappa shape index (κ2) is 6.06. The first kappa shape index (κ1) is 17.0. The van der Waals surface area contributed by atoms with Crippen molar-refractivity contribution in [3.63, 3.8) is 0 Å². The SMILES string of the molecule is CC1(C)CCc2c(N3CCSCC3)nc3sc(C(N)=O)c(N)c3c2C1. The van der Waals surface area contributed by atoms with Crippen molar-refractivity contribution in [1.29, 1.82) is 0 Å². The summed E-state index contributed by atoms with van der Waals surface area (Å²) < 4.78 is 0. The van der Waals surface area contributed by atoms with E-state index in [0.29, 0.717) is 10.6 Å². The van der Waals surface area contributed by atoms with Crippen LogP contribution < -0.4 is 16.4 Å². The molecule has 25 heavy (non-hydrogen) atoms. The van der Waals surface area contributed by atoms with Crippen LogP contribution in [0.4, 0.5) is 11.5 Å². The van der Waals surface area contributed by atoms with Crippen LogP contribution in [0.3, 0.4) is 0 Å². The summed E-state index contributed by atoms with van der Waals surface area (Å²) >= 11 is 3.34. The fourth-order valence-corrected chi connectivity index (χ4v) is 5.84. The van der Waals surface area contributed by atoms with E-state index in [1.54, 1.807) is 0 Å². The lowest BCUT2D eigenvalue weighted by atomic mass is 9.73. The Bertz CT molecular complexity index is 853. The van der Waals surface area contributed by atoms with Gasteiger partial charge in [0.25, 0.3) is 5.91 Å². The summed E-state index contributed by atoms with van der Waals surface area (Å²) in [6.07, 6.45) is 3.14. The second-order valence-corrected chi connectivity index (χ2v) is 9.95. The highest BCUT2D eigenvalue weighted by molar-refractivity contribution is 7.99. The minimum absolute atomic E-state index is 0.234. The zero-order chi connectivity index (χ0) is 17.8. The third-order valence-corrected chi connectivity index (χ3v) is 7.37. The summed E-state index contributed by atoms with van der Waals surface area (Å²) in [4.78, 5) is 20.5. The summed E-state index contributed by atoms with van der Waals surface area (Å²) in [6.45, 7) is 6.67. The topological polar surface area (TPSA) is 85.2 Å². The van der Waals surface area contributed by atoms with Crippen LogP contribution >= 0.6 is 23.1 Å². The van der Waals surface area contributed by atoms with Crippen molar-refractivity contribution in [2.75, 3.05) is 35.2 Å². The zero-order valence-electron chi connectivity index (χ0n) is 14.7. The van der Waals surface area contributed by atoms with Crippen LogP contribution in [-0.2, 0) is 12.8 Å². The molecule has 134 valence electrons. The number of thioether (sulfide) groups is 1. The van der Waals surface area contributed by atoms with E-state index in [1.165, 1.54) is 22.5 Å². The molecule has 1 saturated heterocycles. The molecule has 1 fully saturated rings. The maximum Gasteiger partial charge on any atom is 0.260 e. The number of fused-ring (bicyclic) bond motifs is 3. The highest BCUT2D eigenvalue weighted by atomic mass is 32.2. The fraction of sp³-hybridized carbons (Fsp3) is 0.556. The first-order valence-corrected chi connectivity index (χ1v) is 10.7. The van der Waals surface area contributed by atoms with Crippen LogP contribution in [0.25, 0.3) is 10.2 Å². The third kappa shape index (κ3) is 2.87. The molecule has 2 aromatic rings. The van der Waals surface area contributed by atoms with Crippen molar-refractivity contribution >= 4 is 50.7 Å². The van der Waals surface area contributed by atoms with E-state index < -0.39 is 5.91 Å². The number of hydrogen-bond acceptors (Lipinski definition) is 6. The minimum atomic E-state index is -0.458. The van der Waals surface area contributed by atoms with Crippen LogP contribution in [0.2, 0.25) is 0 Å². The van der Waals surface area contributed by atoms with Gasteiger partial charge in [-0.15, -0.1) is 11.3 Å². The van der Waals surface area contributed by atoms with Gasteiger partial charge in [-0.05, 0) is 35.8 Å². The number of rotatable bonds is 2.